The highest BCUT2D eigenvalue weighted by molar-refractivity contribution is 5.84. The zero-order chi connectivity index (χ0) is 13.8. The molecule has 0 radical (unpaired) electrons. The number of carbonyl (C=O) groups is 1. The van der Waals surface area contributed by atoms with Gasteiger partial charge in [0, 0.05) is 17.3 Å². The Hall–Kier alpha value is -2.43. The molecular weight excluding hydrogens is 250 g/mol. The predicted octanol–water partition coefficient (Wildman–Crippen LogP) is 2.60. The Morgan fingerprint density at radius 1 is 1.11 bits per heavy atom. The molecule has 0 spiro atoms. The first-order valence-corrected chi connectivity index (χ1v) is 5.64. The number of para-hydroxylation sites is 1. The summed E-state index contributed by atoms with van der Waals surface area (Å²) in [5.41, 5.74) is 5.89. The Kier molecular flexibility index (Phi) is 3.75. The lowest BCUT2D eigenvalue weighted by molar-refractivity contribution is -0.118. The minimum atomic E-state index is -1.05. The summed E-state index contributed by atoms with van der Waals surface area (Å²) < 4.78 is 26.5. The van der Waals surface area contributed by atoms with Gasteiger partial charge in [-0.1, -0.05) is 24.3 Å². The number of benzene rings is 2. The number of hydrogen-bond acceptors (Lipinski definition) is 2. The molecule has 0 saturated heterocycles. The van der Waals surface area contributed by atoms with Gasteiger partial charge in [0.05, 0.1) is 0 Å². The van der Waals surface area contributed by atoms with Crippen LogP contribution in [0.1, 0.15) is 11.6 Å². The SMILES string of the molecule is NC(=O)C(Nc1ccccc1)c1ccc(F)cc1F. The summed E-state index contributed by atoms with van der Waals surface area (Å²) in [5.74, 6) is -2.26. The highest BCUT2D eigenvalue weighted by Crippen LogP contribution is 2.22. The van der Waals surface area contributed by atoms with Crippen LogP contribution in [0.25, 0.3) is 0 Å². The summed E-state index contributed by atoms with van der Waals surface area (Å²) in [6.07, 6.45) is 0. The van der Waals surface area contributed by atoms with E-state index in [1.165, 1.54) is 6.07 Å². The van der Waals surface area contributed by atoms with Crippen LogP contribution in [-0.4, -0.2) is 5.91 Å². The van der Waals surface area contributed by atoms with Crippen LogP contribution in [0.15, 0.2) is 48.5 Å². The molecule has 3 N–H and O–H groups in total. The van der Waals surface area contributed by atoms with E-state index >= 15 is 0 Å². The number of rotatable bonds is 4. The lowest BCUT2D eigenvalue weighted by atomic mass is 10.1. The van der Waals surface area contributed by atoms with Crippen LogP contribution in [0, 0.1) is 11.6 Å². The van der Waals surface area contributed by atoms with Gasteiger partial charge >= 0.3 is 0 Å². The third kappa shape index (κ3) is 3.07. The molecule has 0 bridgehead atoms. The van der Waals surface area contributed by atoms with E-state index in [0.29, 0.717) is 5.69 Å². The molecule has 5 heteroatoms. The van der Waals surface area contributed by atoms with Gasteiger partial charge in [-0.25, -0.2) is 8.78 Å². The number of amides is 1. The van der Waals surface area contributed by atoms with Gasteiger partial charge < -0.3 is 11.1 Å². The van der Waals surface area contributed by atoms with Gasteiger partial charge in [0.2, 0.25) is 5.91 Å². The van der Waals surface area contributed by atoms with Crippen LogP contribution in [0.2, 0.25) is 0 Å². The highest BCUT2D eigenvalue weighted by atomic mass is 19.1. The molecule has 0 aliphatic rings. The van der Waals surface area contributed by atoms with Gasteiger partial charge in [-0.3, -0.25) is 4.79 Å². The fraction of sp³-hybridized carbons (Fsp3) is 0.0714. The fourth-order valence-electron chi connectivity index (χ4n) is 1.74. The lowest BCUT2D eigenvalue weighted by Crippen LogP contribution is -2.28. The maximum Gasteiger partial charge on any atom is 0.244 e. The second-order valence-corrected chi connectivity index (χ2v) is 4.01. The van der Waals surface area contributed by atoms with E-state index in [1.54, 1.807) is 24.3 Å². The zero-order valence-corrected chi connectivity index (χ0v) is 9.94. The van der Waals surface area contributed by atoms with Gasteiger partial charge in [-0.15, -0.1) is 0 Å². The van der Waals surface area contributed by atoms with Gasteiger partial charge in [-0.2, -0.15) is 0 Å². The average Bonchev–Trinajstić information content (AvgIpc) is 2.38. The monoisotopic (exact) mass is 262 g/mol. The van der Waals surface area contributed by atoms with E-state index in [9.17, 15) is 13.6 Å². The van der Waals surface area contributed by atoms with Crippen molar-refractivity contribution in [3.63, 3.8) is 0 Å². The van der Waals surface area contributed by atoms with E-state index in [1.807, 2.05) is 6.07 Å². The molecule has 2 aromatic rings. The van der Waals surface area contributed by atoms with Crippen molar-refractivity contribution in [3.8, 4) is 0 Å². The maximum atomic E-state index is 13.7. The molecule has 0 heterocycles. The molecule has 0 aliphatic heterocycles. The standard InChI is InChI=1S/C14H12F2N2O/c15-9-6-7-11(12(16)8-9)13(14(17)19)18-10-4-2-1-3-5-10/h1-8,13,18H,(H2,17,19). The summed E-state index contributed by atoms with van der Waals surface area (Å²) in [6, 6.07) is 10.7. The van der Waals surface area contributed by atoms with Crippen molar-refractivity contribution in [2.75, 3.05) is 5.32 Å². The molecule has 19 heavy (non-hydrogen) atoms. The molecule has 0 aromatic heterocycles. The number of anilines is 1. The lowest BCUT2D eigenvalue weighted by Gasteiger charge is -2.17. The minimum Gasteiger partial charge on any atom is -0.370 e. The first kappa shape index (κ1) is 13.0. The van der Waals surface area contributed by atoms with E-state index in [2.05, 4.69) is 5.32 Å². The topological polar surface area (TPSA) is 55.1 Å². The Morgan fingerprint density at radius 2 is 1.79 bits per heavy atom. The summed E-state index contributed by atoms with van der Waals surface area (Å²) >= 11 is 0. The van der Waals surface area contributed by atoms with Crippen molar-refractivity contribution in [1.29, 1.82) is 0 Å². The molecule has 1 atom stereocenters. The Morgan fingerprint density at radius 3 is 2.37 bits per heavy atom. The first-order valence-electron chi connectivity index (χ1n) is 5.64. The smallest absolute Gasteiger partial charge is 0.244 e. The van der Waals surface area contributed by atoms with Crippen LogP contribution in [0.3, 0.4) is 0 Å². The van der Waals surface area contributed by atoms with Crippen LogP contribution < -0.4 is 11.1 Å². The van der Waals surface area contributed by atoms with Crippen molar-refractivity contribution >= 4 is 11.6 Å². The third-order valence-corrected chi connectivity index (χ3v) is 2.64. The molecule has 0 saturated carbocycles. The Balaban J connectivity index is 2.33. The molecule has 2 rings (SSSR count). The van der Waals surface area contributed by atoms with Crippen LogP contribution in [0.4, 0.5) is 14.5 Å². The number of primary amides is 1. The Labute approximate surface area is 109 Å². The summed E-state index contributed by atoms with van der Waals surface area (Å²) in [4.78, 5) is 11.4. The van der Waals surface area contributed by atoms with Crippen molar-refractivity contribution < 1.29 is 13.6 Å². The van der Waals surface area contributed by atoms with Crippen LogP contribution >= 0.6 is 0 Å². The van der Waals surface area contributed by atoms with Crippen molar-refractivity contribution in [2.45, 2.75) is 6.04 Å². The fourth-order valence-corrected chi connectivity index (χ4v) is 1.74. The minimum absolute atomic E-state index is 0.0118. The number of halogens is 2. The molecule has 98 valence electrons. The second kappa shape index (κ2) is 5.48. The van der Waals surface area contributed by atoms with Crippen molar-refractivity contribution in [2.24, 2.45) is 5.73 Å². The van der Waals surface area contributed by atoms with Crippen LogP contribution in [-0.2, 0) is 4.79 Å². The second-order valence-electron chi connectivity index (χ2n) is 4.01. The molecule has 2 aromatic carbocycles. The molecule has 1 unspecified atom stereocenters. The molecule has 0 fully saturated rings. The number of nitrogens with two attached hydrogens (primary N) is 1. The predicted molar refractivity (Wildman–Crippen MR) is 68.4 cm³/mol. The van der Waals surface area contributed by atoms with Gasteiger partial charge in [0.1, 0.15) is 17.7 Å². The number of carbonyl (C=O) groups excluding carboxylic acids is 1. The quantitative estimate of drug-likeness (QED) is 0.889. The van der Waals surface area contributed by atoms with E-state index in [4.69, 9.17) is 5.73 Å². The first-order chi connectivity index (χ1) is 9.08. The zero-order valence-electron chi connectivity index (χ0n) is 9.94. The highest BCUT2D eigenvalue weighted by Gasteiger charge is 2.21. The maximum absolute atomic E-state index is 13.7. The normalized spacial score (nSPS) is 11.9. The largest absolute Gasteiger partial charge is 0.370 e. The van der Waals surface area contributed by atoms with Crippen molar-refractivity contribution in [1.82, 2.24) is 0 Å². The number of nitrogens with one attached hydrogen (secondary N) is 1. The molecule has 1 amide bonds. The number of hydrogen-bond donors (Lipinski definition) is 2. The van der Waals surface area contributed by atoms with Crippen LogP contribution in [0.5, 0.6) is 0 Å². The molecule has 0 aliphatic carbocycles. The molecular formula is C14H12F2N2O. The third-order valence-electron chi connectivity index (χ3n) is 2.64. The van der Waals surface area contributed by atoms with E-state index in [0.717, 1.165) is 12.1 Å². The Bertz CT molecular complexity index is 587. The summed E-state index contributed by atoms with van der Waals surface area (Å²) in [6.45, 7) is 0. The van der Waals surface area contributed by atoms with Gasteiger partial charge in [0.15, 0.2) is 0 Å². The average molecular weight is 262 g/mol. The summed E-state index contributed by atoms with van der Waals surface area (Å²) in [7, 11) is 0. The van der Waals surface area contributed by atoms with E-state index in [-0.39, 0.29) is 5.56 Å². The van der Waals surface area contributed by atoms with Gasteiger partial charge in [0.25, 0.3) is 0 Å². The summed E-state index contributed by atoms with van der Waals surface area (Å²) in [5, 5.41) is 2.82. The van der Waals surface area contributed by atoms with Crippen molar-refractivity contribution in [3.05, 3.63) is 65.7 Å². The van der Waals surface area contributed by atoms with Gasteiger partial charge in [-0.05, 0) is 18.2 Å². The van der Waals surface area contributed by atoms with E-state index < -0.39 is 23.6 Å². The molecule has 3 nitrogen and oxygen atoms in total.